The normalized spacial score (nSPS) is 10.8. The van der Waals surface area contributed by atoms with E-state index in [-0.39, 0.29) is 12.0 Å². The van der Waals surface area contributed by atoms with Crippen molar-refractivity contribution >= 4 is 17.6 Å². The van der Waals surface area contributed by atoms with Crippen LogP contribution in [0, 0.1) is 0 Å². The third-order valence-electron chi connectivity index (χ3n) is 2.97. The maximum atomic E-state index is 11.8. The van der Waals surface area contributed by atoms with Gasteiger partial charge in [0.25, 0.3) is 0 Å². The number of carbonyl (C=O) groups is 1. The molecule has 0 saturated carbocycles. The number of hydrogen-bond donors (Lipinski definition) is 0. The molecule has 2 aromatic rings. The molecule has 1 aromatic heterocycles. The molecule has 0 saturated heterocycles. The van der Waals surface area contributed by atoms with Gasteiger partial charge in [0.1, 0.15) is 5.69 Å². The van der Waals surface area contributed by atoms with E-state index in [1.807, 2.05) is 48.7 Å². The molecule has 0 spiro atoms. The highest BCUT2D eigenvalue weighted by atomic mass is 35.5. The lowest BCUT2D eigenvalue weighted by Gasteiger charge is -2.16. The van der Waals surface area contributed by atoms with Crippen LogP contribution < -0.4 is 0 Å². The second-order valence-electron chi connectivity index (χ2n) is 4.57. The summed E-state index contributed by atoms with van der Waals surface area (Å²) in [4.78, 5) is 11.8. The van der Waals surface area contributed by atoms with Gasteiger partial charge in [0.05, 0.1) is 7.11 Å². The fourth-order valence-electron chi connectivity index (χ4n) is 2.13. The molecule has 0 radical (unpaired) electrons. The number of nitrogens with zero attached hydrogens (tertiary/aromatic N) is 1. The Morgan fingerprint density at radius 2 is 1.79 bits per heavy atom. The van der Waals surface area contributed by atoms with Gasteiger partial charge < -0.3 is 9.30 Å². The summed E-state index contributed by atoms with van der Waals surface area (Å²) in [6.45, 7) is 4.07. The van der Waals surface area contributed by atoms with E-state index in [2.05, 4.69) is 0 Å². The van der Waals surface area contributed by atoms with Crippen LogP contribution in [-0.2, 0) is 4.74 Å². The smallest absolute Gasteiger partial charge is 0.354 e. The van der Waals surface area contributed by atoms with Crippen molar-refractivity contribution in [3.8, 4) is 11.3 Å². The Hall–Kier alpha value is -1.74. The minimum absolute atomic E-state index is 0.162. The van der Waals surface area contributed by atoms with Gasteiger partial charge in [-0.1, -0.05) is 23.7 Å². The molecule has 0 N–H and O–H groups in total. The Morgan fingerprint density at radius 1 is 1.16 bits per heavy atom. The summed E-state index contributed by atoms with van der Waals surface area (Å²) in [6, 6.07) is 11.4. The number of carbonyl (C=O) groups excluding carboxylic acids is 1. The zero-order chi connectivity index (χ0) is 14.0. The number of methoxy groups -OCH3 is 1. The van der Waals surface area contributed by atoms with E-state index in [0.29, 0.717) is 10.7 Å². The van der Waals surface area contributed by atoms with Crippen LogP contribution in [0.4, 0.5) is 0 Å². The zero-order valence-corrected chi connectivity index (χ0v) is 11.9. The molecule has 3 nitrogen and oxygen atoms in total. The number of benzene rings is 1. The number of hydrogen-bond acceptors (Lipinski definition) is 2. The van der Waals surface area contributed by atoms with Gasteiger partial charge in [-0.05, 0) is 43.7 Å². The first-order valence-corrected chi connectivity index (χ1v) is 6.48. The molecule has 0 amide bonds. The first-order chi connectivity index (χ1) is 9.04. The first-order valence-electron chi connectivity index (χ1n) is 6.10. The summed E-state index contributed by atoms with van der Waals surface area (Å²) >= 11 is 5.90. The van der Waals surface area contributed by atoms with Crippen LogP contribution in [0.5, 0.6) is 0 Å². The summed E-state index contributed by atoms with van der Waals surface area (Å²) in [5.41, 5.74) is 2.56. The fourth-order valence-corrected chi connectivity index (χ4v) is 2.26. The minimum Gasteiger partial charge on any atom is -0.464 e. The van der Waals surface area contributed by atoms with E-state index in [9.17, 15) is 4.79 Å². The predicted octanol–water partition coefficient (Wildman–Crippen LogP) is 4.18. The number of halogens is 1. The van der Waals surface area contributed by atoms with Crippen LogP contribution in [0.2, 0.25) is 5.02 Å². The van der Waals surface area contributed by atoms with Crippen LogP contribution in [-0.4, -0.2) is 17.6 Å². The molecular formula is C15H16ClNO2. The van der Waals surface area contributed by atoms with Crippen LogP contribution in [0.1, 0.15) is 30.4 Å². The molecule has 0 fully saturated rings. The average molecular weight is 278 g/mol. The van der Waals surface area contributed by atoms with Crippen molar-refractivity contribution in [2.75, 3.05) is 7.11 Å². The Labute approximate surface area is 117 Å². The van der Waals surface area contributed by atoms with Gasteiger partial charge >= 0.3 is 5.97 Å². The Kier molecular flexibility index (Phi) is 3.96. The van der Waals surface area contributed by atoms with Crippen molar-refractivity contribution in [2.45, 2.75) is 19.9 Å². The van der Waals surface area contributed by atoms with E-state index < -0.39 is 0 Å². The fraction of sp³-hybridized carbons (Fsp3) is 0.267. The second kappa shape index (κ2) is 5.49. The molecule has 0 aliphatic heterocycles. The SMILES string of the molecule is COC(=O)c1ccc(-c2ccc(Cl)cc2)n1C(C)C. The van der Waals surface area contributed by atoms with E-state index in [4.69, 9.17) is 16.3 Å². The van der Waals surface area contributed by atoms with Crippen LogP contribution in [0.25, 0.3) is 11.3 Å². The second-order valence-corrected chi connectivity index (χ2v) is 5.00. The van der Waals surface area contributed by atoms with Gasteiger partial charge in [-0.3, -0.25) is 0 Å². The monoisotopic (exact) mass is 277 g/mol. The summed E-state index contributed by atoms with van der Waals surface area (Å²) in [5.74, 6) is -0.325. The topological polar surface area (TPSA) is 31.2 Å². The molecule has 0 aliphatic carbocycles. The van der Waals surface area contributed by atoms with Gasteiger partial charge in [-0.25, -0.2) is 4.79 Å². The summed E-state index contributed by atoms with van der Waals surface area (Å²) in [6.07, 6.45) is 0. The summed E-state index contributed by atoms with van der Waals surface area (Å²) in [5, 5.41) is 0.694. The standard InChI is InChI=1S/C15H16ClNO2/c1-10(2)17-13(8-9-14(17)15(18)19-3)11-4-6-12(16)7-5-11/h4-10H,1-3H3. The lowest BCUT2D eigenvalue weighted by atomic mass is 10.1. The number of aromatic nitrogens is 1. The molecule has 0 unspecified atom stereocenters. The highest BCUT2D eigenvalue weighted by Crippen LogP contribution is 2.27. The first kappa shape index (κ1) is 13.7. The maximum absolute atomic E-state index is 11.8. The third-order valence-corrected chi connectivity index (χ3v) is 3.22. The molecule has 0 aliphatic rings. The van der Waals surface area contributed by atoms with Crippen LogP contribution in [0.3, 0.4) is 0 Å². The average Bonchev–Trinajstić information content (AvgIpc) is 2.83. The molecule has 2 rings (SSSR count). The maximum Gasteiger partial charge on any atom is 0.354 e. The Balaban J connectivity index is 2.55. The number of ether oxygens (including phenoxy) is 1. The molecule has 1 aromatic carbocycles. The van der Waals surface area contributed by atoms with Crippen molar-refractivity contribution in [1.29, 1.82) is 0 Å². The van der Waals surface area contributed by atoms with Gasteiger partial charge in [-0.2, -0.15) is 0 Å². The molecule has 0 atom stereocenters. The molecular weight excluding hydrogens is 262 g/mol. The van der Waals surface area contributed by atoms with Gasteiger partial charge in [0.15, 0.2) is 0 Å². The van der Waals surface area contributed by atoms with E-state index in [1.54, 1.807) is 6.07 Å². The predicted molar refractivity (Wildman–Crippen MR) is 76.6 cm³/mol. The Bertz CT molecular complexity index is 585. The van der Waals surface area contributed by atoms with Crippen molar-refractivity contribution in [2.24, 2.45) is 0 Å². The molecule has 4 heteroatoms. The van der Waals surface area contributed by atoms with Gasteiger partial charge in [0, 0.05) is 16.8 Å². The highest BCUT2D eigenvalue weighted by molar-refractivity contribution is 6.30. The lowest BCUT2D eigenvalue weighted by Crippen LogP contribution is -2.13. The third kappa shape index (κ3) is 2.66. The van der Waals surface area contributed by atoms with E-state index in [0.717, 1.165) is 11.3 Å². The number of rotatable bonds is 3. The minimum atomic E-state index is -0.325. The highest BCUT2D eigenvalue weighted by Gasteiger charge is 2.18. The Morgan fingerprint density at radius 3 is 2.32 bits per heavy atom. The van der Waals surface area contributed by atoms with Gasteiger partial charge in [0.2, 0.25) is 0 Å². The van der Waals surface area contributed by atoms with Crippen LogP contribution >= 0.6 is 11.6 Å². The van der Waals surface area contributed by atoms with E-state index in [1.165, 1.54) is 7.11 Å². The van der Waals surface area contributed by atoms with E-state index >= 15 is 0 Å². The summed E-state index contributed by atoms with van der Waals surface area (Å²) < 4.78 is 6.78. The van der Waals surface area contributed by atoms with Crippen molar-refractivity contribution in [1.82, 2.24) is 4.57 Å². The molecule has 0 bridgehead atoms. The van der Waals surface area contributed by atoms with Gasteiger partial charge in [-0.15, -0.1) is 0 Å². The molecule has 19 heavy (non-hydrogen) atoms. The lowest BCUT2D eigenvalue weighted by molar-refractivity contribution is 0.0587. The zero-order valence-electron chi connectivity index (χ0n) is 11.2. The quantitative estimate of drug-likeness (QED) is 0.788. The summed E-state index contributed by atoms with van der Waals surface area (Å²) in [7, 11) is 1.39. The van der Waals surface area contributed by atoms with Crippen LogP contribution in [0.15, 0.2) is 36.4 Å². The molecule has 1 heterocycles. The molecule has 100 valence electrons. The van der Waals surface area contributed by atoms with Crippen molar-refractivity contribution in [3.63, 3.8) is 0 Å². The van der Waals surface area contributed by atoms with Crippen molar-refractivity contribution < 1.29 is 9.53 Å². The largest absolute Gasteiger partial charge is 0.464 e. The number of esters is 1. The van der Waals surface area contributed by atoms with Crippen molar-refractivity contribution in [3.05, 3.63) is 47.1 Å².